The van der Waals surface area contributed by atoms with Gasteiger partial charge in [-0.25, -0.2) is 0 Å². The van der Waals surface area contributed by atoms with E-state index in [4.69, 9.17) is 0 Å². The van der Waals surface area contributed by atoms with Crippen molar-refractivity contribution < 1.29 is 19.8 Å². The Morgan fingerprint density at radius 2 is 1.84 bits per heavy atom. The van der Waals surface area contributed by atoms with E-state index in [1.165, 1.54) is 0 Å². The Morgan fingerprint density at radius 1 is 1.16 bits per heavy atom. The smallest absolute Gasteiger partial charge is 0.310 e. The topological polar surface area (TPSA) is 86.6 Å². The number of amides is 1. The summed E-state index contributed by atoms with van der Waals surface area (Å²) in [6, 6.07) is 0.00324. The van der Waals surface area contributed by atoms with E-state index in [1.54, 1.807) is 0 Å². The lowest BCUT2D eigenvalue weighted by Gasteiger charge is -2.29. The molecule has 2 aliphatic carbocycles. The maximum Gasteiger partial charge on any atom is 0.310 e. The minimum Gasteiger partial charge on any atom is -0.481 e. The first-order valence-corrected chi connectivity index (χ1v) is 7.23. The number of aliphatic hydroxyl groups is 1. The van der Waals surface area contributed by atoms with Crippen LogP contribution >= 0.6 is 0 Å². The lowest BCUT2D eigenvalue weighted by Crippen LogP contribution is -2.43. The van der Waals surface area contributed by atoms with Gasteiger partial charge in [0.05, 0.1) is 11.5 Å². The van der Waals surface area contributed by atoms with E-state index >= 15 is 0 Å². The fourth-order valence-electron chi connectivity index (χ4n) is 3.40. The van der Waals surface area contributed by atoms with Gasteiger partial charge >= 0.3 is 5.97 Å². The summed E-state index contributed by atoms with van der Waals surface area (Å²) >= 11 is 0. The number of carboxylic acids is 1. The Morgan fingerprint density at radius 3 is 2.42 bits per heavy atom. The highest BCUT2D eigenvalue weighted by atomic mass is 16.4. The summed E-state index contributed by atoms with van der Waals surface area (Å²) in [7, 11) is 0. The monoisotopic (exact) mass is 269 g/mol. The minimum absolute atomic E-state index is 0.00324. The molecule has 0 aromatic heterocycles. The van der Waals surface area contributed by atoms with E-state index in [9.17, 15) is 19.8 Å². The Labute approximate surface area is 113 Å². The van der Waals surface area contributed by atoms with Gasteiger partial charge in [-0.2, -0.15) is 0 Å². The second-order valence-corrected chi connectivity index (χ2v) is 6.05. The molecule has 2 saturated carbocycles. The molecule has 19 heavy (non-hydrogen) atoms. The second-order valence-electron chi connectivity index (χ2n) is 6.05. The highest BCUT2D eigenvalue weighted by Gasteiger charge is 2.43. The number of rotatable bonds is 4. The van der Waals surface area contributed by atoms with E-state index < -0.39 is 11.4 Å². The number of carboxylic acid groups (broad SMARTS) is 1. The SMILES string of the molecule is O=C(CC1(C(=O)O)CCCC1)NC1CCCC(O)C1. The molecule has 5 nitrogen and oxygen atoms in total. The number of hydrogen-bond acceptors (Lipinski definition) is 3. The van der Waals surface area contributed by atoms with Crippen molar-refractivity contribution in [2.24, 2.45) is 5.41 Å². The molecule has 0 saturated heterocycles. The van der Waals surface area contributed by atoms with Crippen LogP contribution < -0.4 is 5.32 Å². The third-order valence-electron chi connectivity index (χ3n) is 4.52. The summed E-state index contributed by atoms with van der Waals surface area (Å²) in [5, 5.41) is 21.8. The normalized spacial score (nSPS) is 29.9. The summed E-state index contributed by atoms with van der Waals surface area (Å²) in [4.78, 5) is 23.4. The minimum atomic E-state index is -0.850. The van der Waals surface area contributed by atoms with Crippen LogP contribution in [0.3, 0.4) is 0 Å². The van der Waals surface area contributed by atoms with Gasteiger partial charge in [-0.15, -0.1) is 0 Å². The quantitative estimate of drug-likeness (QED) is 0.720. The number of carbonyl (C=O) groups is 2. The Balaban J connectivity index is 1.87. The van der Waals surface area contributed by atoms with Crippen LogP contribution in [0.15, 0.2) is 0 Å². The van der Waals surface area contributed by atoms with Gasteiger partial charge in [0.1, 0.15) is 0 Å². The summed E-state index contributed by atoms with van der Waals surface area (Å²) in [6.07, 6.45) is 5.90. The van der Waals surface area contributed by atoms with Gasteiger partial charge in [0.25, 0.3) is 0 Å². The second kappa shape index (κ2) is 5.90. The van der Waals surface area contributed by atoms with E-state index in [0.29, 0.717) is 19.3 Å². The number of aliphatic carboxylic acids is 1. The molecule has 0 heterocycles. The summed E-state index contributed by atoms with van der Waals surface area (Å²) < 4.78 is 0. The number of nitrogens with one attached hydrogen (secondary N) is 1. The molecule has 1 amide bonds. The molecule has 2 atom stereocenters. The van der Waals surface area contributed by atoms with Gasteiger partial charge in [0, 0.05) is 12.5 Å². The molecule has 5 heteroatoms. The highest BCUT2D eigenvalue weighted by Crippen LogP contribution is 2.41. The van der Waals surface area contributed by atoms with Crippen molar-refractivity contribution in [2.45, 2.75) is 69.9 Å². The zero-order valence-corrected chi connectivity index (χ0v) is 11.2. The van der Waals surface area contributed by atoms with E-state index in [-0.39, 0.29) is 24.5 Å². The molecule has 2 unspecified atom stereocenters. The zero-order valence-electron chi connectivity index (χ0n) is 11.2. The molecule has 108 valence electrons. The molecule has 0 aromatic carbocycles. The molecule has 2 fully saturated rings. The summed E-state index contributed by atoms with van der Waals surface area (Å²) in [5.74, 6) is -1.02. The maximum atomic E-state index is 12.0. The Kier molecular flexibility index (Phi) is 4.45. The van der Waals surface area contributed by atoms with Crippen molar-refractivity contribution in [2.75, 3.05) is 0 Å². The van der Waals surface area contributed by atoms with Crippen LogP contribution in [-0.2, 0) is 9.59 Å². The van der Waals surface area contributed by atoms with Crippen molar-refractivity contribution in [3.63, 3.8) is 0 Å². The molecule has 0 aliphatic heterocycles. The molecular formula is C14H23NO4. The van der Waals surface area contributed by atoms with Crippen LogP contribution in [-0.4, -0.2) is 34.2 Å². The van der Waals surface area contributed by atoms with Gasteiger partial charge < -0.3 is 15.5 Å². The van der Waals surface area contributed by atoms with Crippen LogP contribution in [0.4, 0.5) is 0 Å². The standard InChI is InChI=1S/C14H23NO4/c16-11-5-3-4-10(8-11)15-12(17)9-14(13(18)19)6-1-2-7-14/h10-11,16H,1-9H2,(H,15,17)(H,18,19). The average Bonchev–Trinajstić information content (AvgIpc) is 2.78. The summed E-state index contributed by atoms with van der Waals surface area (Å²) in [6.45, 7) is 0. The van der Waals surface area contributed by atoms with Crippen molar-refractivity contribution >= 4 is 11.9 Å². The predicted molar refractivity (Wildman–Crippen MR) is 69.6 cm³/mol. The van der Waals surface area contributed by atoms with Gasteiger partial charge in [0.2, 0.25) is 5.91 Å². The van der Waals surface area contributed by atoms with Crippen LogP contribution in [0.2, 0.25) is 0 Å². The number of aliphatic hydroxyl groups excluding tert-OH is 1. The maximum absolute atomic E-state index is 12.0. The van der Waals surface area contributed by atoms with E-state index in [0.717, 1.165) is 32.1 Å². The van der Waals surface area contributed by atoms with Crippen molar-refractivity contribution in [3.05, 3.63) is 0 Å². The first-order chi connectivity index (χ1) is 9.02. The van der Waals surface area contributed by atoms with E-state index in [2.05, 4.69) is 5.32 Å². The van der Waals surface area contributed by atoms with Gasteiger partial charge in [-0.3, -0.25) is 9.59 Å². The predicted octanol–water partition coefficient (Wildman–Crippen LogP) is 1.44. The van der Waals surface area contributed by atoms with Gasteiger partial charge in [-0.05, 0) is 38.5 Å². The van der Waals surface area contributed by atoms with Crippen molar-refractivity contribution in [1.82, 2.24) is 5.32 Å². The molecular weight excluding hydrogens is 246 g/mol. The van der Waals surface area contributed by atoms with Gasteiger partial charge in [0.15, 0.2) is 0 Å². The summed E-state index contributed by atoms with van der Waals surface area (Å²) in [5.41, 5.74) is -0.850. The third-order valence-corrected chi connectivity index (χ3v) is 4.52. The average molecular weight is 269 g/mol. The van der Waals surface area contributed by atoms with Crippen molar-refractivity contribution in [1.29, 1.82) is 0 Å². The molecule has 2 rings (SSSR count). The fourth-order valence-corrected chi connectivity index (χ4v) is 3.40. The van der Waals surface area contributed by atoms with Crippen LogP contribution in [0, 0.1) is 5.41 Å². The first kappa shape index (κ1) is 14.3. The third kappa shape index (κ3) is 3.47. The Bertz CT molecular complexity index is 349. The molecule has 2 aliphatic rings. The van der Waals surface area contributed by atoms with Gasteiger partial charge in [-0.1, -0.05) is 12.8 Å². The van der Waals surface area contributed by atoms with E-state index in [1.807, 2.05) is 0 Å². The lowest BCUT2D eigenvalue weighted by molar-refractivity contribution is -0.151. The zero-order chi connectivity index (χ0) is 13.9. The van der Waals surface area contributed by atoms with Crippen molar-refractivity contribution in [3.8, 4) is 0 Å². The lowest BCUT2D eigenvalue weighted by atomic mass is 9.82. The molecule has 0 aromatic rings. The molecule has 0 radical (unpaired) electrons. The molecule has 3 N–H and O–H groups in total. The van der Waals surface area contributed by atoms with Crippen LogP contribution in [0.1, 0.15) is 57.8 Å². The molecule has 0 spiro atoms. The van der Waals surface area contributed by atoms with Crippen LogP contribution in [0.5, 0.6) is 0 Å². The van der Waals surface area contributed by atoms with Crippen LogP contribution in [0.25, 0.3) is 0 Å². The highest BCUT2D eigenvalue weighted by molar-refractivity contribution is 5.85. The largest absolute Gasteiger partial charge is 0.481 e. The molecule has 0 bridgehead atoms. The Hall–Kier alpha value is -1.10. The fraction of sp³-hybridized carbons (Fsp3) is 0.857. The number of carbonyl (C=O) groups excluding carboxylic acids is 1. The first-order valence-electron chi connectivity index (χ1n) is 7.23. The number of hydrogen-bond donors (Lipinski definition) is 3.